The third-order valence-corrected chi connectivity index (χ3v) is 5.26. The van der Waals surface area contributed by atoms with Crippen molar-refractivity contribution in [2.24, 2.45) is 17.8 Å². The van der Waals surface area contributed by atoms with Gasteiger partial charge in [0.1, 0.15) is 5.82 Å². The van der Waals surface area contributed by atoms with Crippen LogP contribution in [0, 0.1) is 17.8 Å². The number of rotatable bonds is 5. The van der Waals surface area contributed by atoms with Gasteiger partial charge in [0.15, 0.2) is 0 Å². The molecule has 2 aliphatic carbocycles. The summed E-state index contributed by atoms with van der Waals surface area (Å²) in [6, 6.07) is 4.32. The zero-order valence-corrected chi connectivity index (χ0v) is 13.8. The van der Waals surface area contributed by atoms with Crippen LogP contribution < -0.4 is 10.6 Å². The Morgan fingerprint density at radius 2 is 2.05 bits per heavy atom. The summed E-state index contributed by atoms with van der Waals surface area (Å²) >= 11 is 0. The molecule has 1 aromatic rings. The van der Waals surface area contributed by atoms with Gasteiger partial charge in [0.25, 0.3) is 5.91 Å². The summed E-state index contributed by atoms with van der Waals surface area (Å²) in [7, 11) is 0. The molecule has 4 unspecified atom stereocenters. The molecule has 3 rings (SSSR count). The molecule has 2 bridgehead atoms. The Kier molecular flexibility index (Phi) is 4.37. The van der Waals surface area contributed by atoms with Crippen molar-refractivity contribution in [2.75, 3.05) is 5.32 Å². The minimum Gasteiger partial charge on any atom is -0.368 e. The van der Waals surface area contributed by atoms with Crippen molar-refractivity contribution >= 4 is 11.7 Å². The van der Waals surface area contributed by atoms with Gasteiger partial charge in [0.2, 0.25) is 0 Å². The Morgan fingerprint density at radius 3 is 2.59 bits per heavy atom. The van der Waals surface area contributed by atoms with Crippen molar-refractivity contribution in [3.05, 3.63) is 23.9 Å². The van der Waals surface area contributed by atoms with Crippen LogP contribution in [0.25, 0.3) is 0 Å². The van der Waals surface area contributed by atoms with E-state index in [0.29, 0.717) is 17.5 Å². The molecule has 0 aromatic carbocycles. The van der Waals surface area contributed by atoms with E-state index >= 15 is 0 Å². The van der Waals surface area contributed by atoms with Crippen molar-refractivity contribution in [3.63, 3.8) is 0 Å². The molecule has 22 heavy (non-hydrogen) atoms. The van der Waals surface area contributed by atoms with E-state index in [-0.39, 0.29) is 11.9 Å². The van der Waals surface area contributed by atoms with Crippen molar-refractivity contribution in [3.8, 4) is 0 Å². The number of carbonyl (C=O) groups is 1. The number of nitrogens with zero attached hydrogens (tertiary/aromatic N) is 1. The average Bonchev–Trinajstić information content (AvgIpc) is 3.10. The lowest BCUT2D eigenvalue weighted by atomic mass is 9.84. The molecule has 0 spiro atoms. The summed E-state index contributed by atoms with van der Waals surface area (Å²) in [4.78, 5) is 16.7. The molecule has 1 amide bonds. The third kappa shape index (κ3) is 3.26. The van der Waals surface area contributed by atoms with Crippen LogP contribution in [0.5, 0.6) is 0 Å². The van der Waals surface area contributed by atoms with E-state index in [2.05, 4.69) is 36.4 Å². The largest absolute Gasteiger partial charge is 0.368 e. The quantitative estimate of drug-likeness (QED) is 0.875. The molecule has 1 aromatic heterocycles. The Labute approximate surface area is 133 Å². The summed E-state index contributed by atoms with van der Waals surface area (Å²) < 4.78 is 0. The van der Waals surface area contributed by atoms with Gasteiger partial charge in [-0.05, 0) is 69.9 Å². The molecule has 2 saturated carbocycles. The predicted molar refractivity (Wildman–Crippen MR) is 88.9 cm³/mol. The van der Waals surface area contributed by atoms with Crippen LogP contribution in [0.2, 0.25) is 0 Å². The fourth-order valence-electron chi connectivity index (χ4n) is 4.21. The smallest absolute Gasteiger partial charge is 0.253 e. The third-order valence-electron chi connectivity index (χ3n) is 5.26. The number of anilines is 1. The van der Waals surface area contributed by atoms with Crippen LogP contribution in [0.4, 0.5) is 5.82 Å². The lowest BCUT2D eigenvalue weighted by molar-refractivity contribution is 0.0915. The van der Waals surface area contributed by atoms with E-state index < -0.39 is 0 Å². The predicted octanol–water partition coefficient (Wildman–Crippen LogP) is 3.46. The Hall–Kier alpha value is -1.58. The topological polar surface area (TPSA) is 54.0 Å². The molecule has 4 atom stereocenters. The molecule has 2 N–H and O–H groups in total. The fourth-order valence-corrected chi connectivity index (χ4v) is 4.21. The number of hydrogen-bond donors (Lipinski definition) is 2. The number of amides is 1. The first-order valence-electron chi connectivity index (χ1n) is 8.56. The summed E-state index contributed by atoms with van der Waals surface area (Å²) in [6.45, 7) is 6.30. The van der Waals surface area contributed by atoms with Gasteiger partial charge in [0.05, 0.1) is 5.56 Å². The first kappa shape index (κ1) is 15.3. The van der Waals surface area contributed by atoms with E-state index in [9.17, 15) is 4.79 Å². The molecule has 1 heterocycles. The van der Waals surface area contributed by atoms with Crippen molar-refractivity contribution in [2.45, 2.75) is 58.5 Å². The maximum atomic E-state index is 12.4. The monoisotopic (exact) mass is 301 g/mol. The van der Waals surface area contributed by atoms with Gasteiger partial charge in [-0.1, -0.05) is 6.42 Å². The second-order valence-corrected chi connectivity index (χ2v) is 7.33. The first-order valence-corrected chi connectivity index (χ1v) is 8.56. The number of carbonyl (C=O) groups excluding carboxylic acids is 1. The Morgan fingerprint density at radius 1 is 1.23 bits per heavy atom. The highest BCUT2D eigenvalue weighted by Gasteiger charge is 2.42. The molecule has 0 radical (unpaired) electrons. The summed E-state index contributed by atoms with van der Waals surface area (Å²) in [5.74, 6) is 3.22. The van der Waals surface area contributed by atoms with E-state index in [0.717, 1.165) is 17.7 Å². The van der Waals surface area contributed by atoms with Gasteiger partial charge < -0.3 is 10.6 Å². The number of hydrogen-bond acceptors (Lipinski definition) is 3. The van der Waals surface area contributed by atoms with Crippen LogP contribution in [0.3, 0.4) is 0 Å². The van der Waals surface area contributed by atoms with Gasteiger partial charge in [0, 0.05) is 18.3 Å². The summed E-state index contributed by atoms with van der Waals surface area (Å²) in [6.07, 6.45) is 7.08. The van der Waals surface area contributed by atoms with Gasteiger partial charge in [-0.3, -0.25) is 4.79 Å². The van der Waals surface area contributed by atoms with Gasteiger partial charge in [-0.25, -0.2) is 4.98 Å². The van der Waals surface area contributed by atoms with Crippen LogP contribution in [-0.4, -0.2) is 23.0 Å². The molecule has 4 nitrogen and oxygen atoms in total. The molecule has 2 fully saturated rings. The second kappa shape index (κ2) is 6.27. The van der Waals surface area contributed by atoms with Crippen molar-refractivity contribution in [1.29, 1.82) is 0 Å². The van der Waals surface area contributed by atoms with Gasteiger partial charge in [-0.15, -0.1) is 0 Å². The van der Waals surface area contributed by atoms with Crippen molar-refractivity contribution < 1.29 is 4.79 Å². The van der Waals surface area contributed by atoms with Crippen LogP contribution >= 0.6 is 0 Å². The Balaban J connectivity index is 1.57. The molecular formula is C18H27N3O. The summed E-state index contributed by atoms with van der Waals surface area (Å²) in [5.41, 5.74) is 0.643. The van der Waals surface area contributed by atoms with E-state index in [1.165, 1.54) is 25.7 Å². The lowest BCUT2D eigenvalue weighted by Crippen LogP contribution is -2.40. The minimum atomic E-state index is -0.00105. The molecule has 0 aliphatic heterocycles. The molecule has 2 aliphatic rings. The summed E-state index contributed by atoms with van der Waals surface area (Å²) in [5, 5.41) is 6.42. The van der Waals surface area contributed by atoms with Crippen LogP contribution in [0.1, 0.15) is 56.8 Å². The number of nitrogens with one attached hydrogen (secondary N) is 2. The molecule has 4 heteroatoms. The highest BCUT2D eigenvalue weighted by atomic mass is 16.1. The average molecular weight is 301 g/mol. The van der Waals surface area contributed by atoms with Gasteiger partial charge >= 0.3 is 0 Å². The van der Waals surface area contributed by atoms with Gasteiger partial charge in [-0.2, -0.15) is 0 Å². The maximum Gasteiger partial charge on any atom is 0.253 e. The fraction of sp³-hybridized carbons (Fsp3) is 0.667. The lowest BCUT2D eigenvalue weighted by Gasteiger charge is -2.28. The minimum absolute atomic E-state index is 0.00105. The van der Waals surface area contributed by atoms with Crippen LogP contribution in [0.15, 0.2) is 18.3 Å². The number of aromatic nitrogens is 1. The molecular weight excluding hydrogens is 274 g/mol. The number of pyridine rings is 1. The number of fused-ring (bicyclic) bond motifs is 2. The first-order chi connectivity index (χ1) is 10.5. The molecule has 120 valence electrons. The molecule has 0 saturated heterocycles. The van der Waals surface area contributed by atoms with Crippen molar-refractivity contribution in [1.82, 2.24) is 10.3 Å². The van der Waals surface area contributed by atoms with E-state index in [4.69, 9.17) is 0 Å². The van der Waals surface area contributed by atoms with Crippen LogP contribution in [-0.2, 0) is 0 Å². The standard InChI is InChI=1S/C18H27N3O/c1-11(2)20-17-7-6-15(10-19-17)18(22)21-12(3)16-9-13-4-5-14(16)8-13/h6-7,10-14,16H,4-5,8-9H2,1-3H3,(H,19,20)(H,21,22). The highest BCUT2D eigenvalue weighted by molar-refractivity contribution is 5.94. The highest BCUT2D eigenvalue weighted by Crippen LogP contribution is 2.49. The Bertz CT molecular complexity index is 526. The second-order valence-electron chi connectivity index (χ2n) is 7.33. The maximum absolute atomic E-state index is 12.4. The van der Waals surface area contributed by atoms with E-state index in [1.54, 1.807) is 6.20 Å². The SMILES string of the molecule is CC(C)Nc1ccc(C(=O)NC(C)C2CC3CCC2C3)cn1. The zero-order valence-electron chi connectivity index (χ0n) is 13.8. The normalized spacial score (nSPS) is 27.9. The van der Waals surface area contributed by atoms with E-state index in [1.807, 2.05) is 12.1 Å². The zero-order chi connectivity index (χ0) is 15.7.